The highest BCUT2D eigenvalue weighted by Crippen LogP contribution is 2.19. The second-order valence-electron chi connectivity index (χ2n) is 3.63. The zero-order chi connectivity index (χ0) is 13.9. The average Bonchev–Trinajstić information content (AvgIpc) is 2.13. The third-order valence-corrected chi connectivity index (χ3v) is 3.40. The van der Waals surface area contributed by atoms with Crippen molar-refractivity contribution in [2.24, 2.45) is 0 Å². The third-order valence-electron chi connectivity index (χ3n) is 1.99. The van der Waals surface area contributed by atoms with Crippen LogP contribution in [-0.2, 0) is 9.84 Å². The Labute approximate surface area is 111 Å². The topological polar surface area (TPSA) is 63.2 Å². The minimum atomic E-state index is -3.24. The molecule has 1 rings (SSSR count). The van der Waals surface area contributed by atoms with Gasteiger partial charge in [0.2, 0.25) is 0 Å². The first kappa shape index (κ1) is 15.0. The van der Waals surface area contributed by atoms with Gasteiger partial charge in [-0.15, -0.1) is 0 Å². The summed E-state index contributed by atoms with van der Waals surface area (Å²) in [5.41, 5.74) is -0.730. The molecule has 0 spiro atoms. The first-order chi connectivity index (χ1) is 8.20. The summed E-state index contributed by atoms with van der Waals surface area (Å²) >= 11 is 2.88. The number of rotatable bonds is 4. The van der Waals surface area contributed by atoms with Gasteiger partial charge in [0.15, 0.2) is 0 Å². The summed E-state index contributed by atoms with van der Waals surface area (Å²) in [6.07, 6.45) is 1.000. The molecule has 1 aromatic rings. The van der Waals surface area contributed by atoms with Crippen molar-refractivity contribution in [3.05, 3.63) is 33.8 Å². The van der Waals surface area contributed by atoms with E-state index in [9.17, 15) is 22.0 Å². The molecule has 8 heteroatoms. The fourth-order valence-corrected chi connectivity index (χ4v) is 2.07. The molecule has 0 radical (unpaired) electrons. The van der Waals surface area contributed by atoms with Crippen LogP contribution in [0.1, 0.15) is 10.4 Å². The van der Waals surface area contributed by atoms with Crippen molar-refractivity contribution in [2.75, 3.05) is 18.6 Å². The summed E-state index contributed by atoms with van der Waals surface area (Å²) in [6.45, 7) is -0.202. The Hall–Kier alpha value is -1.02. The van der Waals surface area contributed by atoms with E-state index in [2.05, 4.69) is 21.2 Å². The van der Waals surface area contributed by atoms with Crippen LogP contribution in [-0.4, -0.2) is 32.9 Å². The second kappa shape index (κ2) is 5.75. The summed E-state index contributed by atoms with van der Waals surface area (Å²) in [5.74, 6) is -3.31. The van der Waals surface area contributed by atoms with Crippen LogP contribution >= 0.6 is 15.9 Å². The van der Waals surface area contributed by atoms with Crippen LogP contribution < -0.4 is 5.32 Å². The van der Waals surface area contributed by atoms with Crippen LogP contribution in [0.2, 0.25) is 0 Å². The minimum Gasteiger partial charge on any atom is -0.351 e. The molecule has 0 unspecified atom stereocenters. The maximum Gasteiger partial charge on any atom is 0.257 e. The zero-order valence-electron chi connectivity index (χ0n) is 9.34. The lowest BCUT2D eigenvalue weighted by molar-refractivity contribution is 0.0947. The van der Waals surface area contributed by atoms with Crippen LogP contribution in [0.25, 0.3) is 0 Å². The van der Waals surface area contributed by atoms with Gasteiger partial charge in [-0.25, -0.2) is 17.2 Å². The van der Waals surface area contributed by atoms with E-state index in [1.165, 1.54) is 0 Å². The first-order valence-electron chi connectivity index (χ1n) is 4.81. The summed E-state index contributed by atoms with van der Waals surface area (Å²) in [4.78, 5) is 11.5. The molecule has 1 aromatic carbocycles. The van der Waals surface area contributed by atoms with Crippen LogP contribution in [0.5, 0.6) is 0 Å². The lowest BCUT2D eigenvalue weighted by Crippen LogP contribution is -2.30. The van der Waals surface area contributed by atoms with Gasteiger partial charge in [-0.05, 0) is 12.1 Å². The monoisotopic (exact) mass is 341 g/mol. The molecule has 0 aliphatic carbocycles. The van der Waals surface area contributed by atoms with Gasteiger partial charge in [-0.1, -0.05) is 15.9 Å². The van der Waals surface area contributed by atoms with Crippen molar-refractivity contribution in [2.45, 2.75) is 0 Å². The molecule has 0 aliphatic heterocycles. The lowest BCUT2D eigenvalue weighted by Gasteiger charge is -2.07. The maximum absolute atomic E-state index is 13.4. The van der Waals surface area contributed by atoms with Gasteiger partial charge in [0.25, 0.3) is 5.91 Å². The average molecular weight is 342 g/mol. The fourth-order valence-electron chi connectivity index (χ4n) is 1.20. The number of amides is 1. The normalized spacial score (nSPS) is 11.3. The number of halogens is 3. The van der Waals surface area contributed by atoms with Gasteiger partial charge in [-0.3, -0.25) is 4.79 Å². The van der Waals surface area contributed by atoms with E-state index in [1.807, 2.05) is 0 Å². The van der Waals surface area contributed by atoms with Crippen LogP contribution in [0.4, 0.5) is 8.78 Å². The van der Waals surface area contributed by atoms with Gasteiger partial charge in [0.05, 0.1) is 5.75 Å². The Bertz CT molecular complexity index is 551. The van der Waals surface area contributed by atoms with E-state index in [1.54, 1.807) is 0 Å². The number of sulfone groups is 1. The van der Waals surface area contributed by atoms with E-state index in [-0.39, 0.29) is 16.8 Å². The van der Waals surface area contributed by atoms with Gasteiger partial charge >= 0.3 is 0 Å². The maximum atomic E-state index is 13.4. The standard InChI is InChI=1S/C10H10BrF2NO3S/c1-18(16,17)3-2-14-10(15)9-7(12)4-6(11)5-8(9)13/h4-5H,2-3H2,1H3,(H,14,15). The number of nitrogens with one attached hydrogen (secondary N) is 1. The second-order valence-corrected chi connectivity index (χ2v) is 6.81. The fraction of sp³-hybridized carbons (Fsp3) is 0.300. The summed E-state index contributed by atoms with van der Waals surface area (Å²) in [6, 6.07) is 1.91. The van der Waals surface area contributed by atoms with Crippen molar-refractivity contribution < 1.29 is 22.0 Å². The number of carbonyl (C=O) groups is 1. The molecule has 0 saturated carbocycles. The Kier molecular flexibility index (Phi) is 4.80. The molecule has 0 aromatic heterocycles. The van der Waals surface area contributed by atoms with Crippen LogP contribution in [0.15, 0.2) is 16.6 Å². The summed E-state index contributed by atoms with van der Waals surface area (Å²) in [5, 5.41) is 2.14. The van der Waals surface area contributed by atoms with E-state index in [0.29, 0.717) is 0 Å². The summed E-state index contributed by atoms with van der Waals surface area (Å²) < 4.78 is 48.6. The molecule has 18 heavy (non-hydrogen) atoms. The van der Waals surface area contributed by atoms with Gasteiger partial charge in [0.1, 0.15) is 27.0 Å². The molecule has 100 valence electrons. The molecule has 4 nitrogen and oxygen atoms in total. The Morgan fingerprint density at radius 2 is 1.83 bits per heavy atom. The quantitative estimate of drug-likeness (QED) is 0.902. The highest BCUT2D eigenvalue weighted by atomic mass is 79.9. The molecule has 0 fully saturated rings. The SMILES string of the molecule is CS(=O)(=O)CCNC(=O)c1c(F)cc(Br)cc1F. The Morgan fingerprint density at radius 3 is 2.28 bits per heavy atom. The summed E-state index contributed by atoms with van der Waals surface area (Å²) in [7, 11) is -3.24. The number of hydrogen-bond acceptors (Lipinski definition) is 3. The van der Waals surface area contributed by atoms with Crippen molar-refractivity contribution in [1.29, 1.82) is 0 Å². The zero-order valence-corrected chi connectivity index (χ0v) is 11.7. The largest absolute Gasteiger partial charge is 0.351 e. The molecule has 1 amide bonds. The number of hydrogen-bond donors (Lipinski definition) is 1. The van der Waals surface area contributed by atoms with E-state index in [0.717, 1.165) is 18.4 Å². The molecular formula is C10H10BrF2NO3S. The predicted molar refractivity (Wildman–Crippen MR) is 66.1 cm³/mol. The molecule has 1 N–H and O–H groups in total. The van der Waals surface area contributed by atoms with E-state index in [4.69, 9.17) is 0 Å². The van der Waals surface area contributed by atoms with Gasteiger partial charge < -0.3 is 5.32 Å². The molecule has 0 bridgehead atoms. The smallest absolute Gasteiger partial charge is 0.257 e. The van der Waals surface area contributed by atoms with Crippen LogP contribution in [0, 0.1) is 11.6 Å². The third kappa shape index (κ3) is 4.34. The number of carbonyl (C=O) groups excluding carboxylic acids is 1. The number of benzene rings is 1. The first-order valence-corrected chi connectivity index (χ1v) is 7.66. The Morgan fingerprint density at radius 1 is 1.33 bits per heavy atom. The predicted octanol–water partition coefficient (Wildman–Crippen LogP) is 1.50. The van der Waals surface area contributed by atoms with Crippen LogP contribution in [0.3, 0.4) is 0 Å². The van der Waals surface area contributed by atoms with Crippen molar-refractivity contribution in [3.63, 3.8) is 0 Å². The van der Waals surface area contributed by atoms with Gasteiger partial charge in [0, 0.05) is 17.3 Å². The molecule has 0 saturated heterocycles. The molecule has 0 aliphatic rings. The van der Waals surface area contributed by atoms with Crippen molar-refractivity contribution >= 4 is 31.7 Å². The van der Waals surface area contributed by atoms with Crippen molar-refractivity contribution in [3.8, 4) is 0 Å². The van der Waals surface area contributed by atoms with E-state index >= 15 is 0 Å². The lowest BCUT2D eigenvalue weighted by atomic mass is 10.2. The highest BCUT2D eigenvalue weighted by molar-refractivity contribution is 9.10. The Balaban J connectivity index is 2.80. The molecular weight excluding hydrogens is 332 g/mol. The highest BCUT2D eigenvalue weighted by Gasteiger charge is 2.18. The minimum absolute atomic E-state index is 0.171. The molecule has 0 atom stereocenters. The van der Waals surface area contributed by atoms with Gasteiger partial charge in [-0.2, -0.15) is 0 Å². The van der Waals surface area contributed by atoms with E-state index < -0.39 is 32.9 Å². The molecule has 0 heterocycles. The van der Waals surface area contributed by atoms with Crippen molar-refractivity contribution in [1.82, 2.24) is 5.32 Å².